The molecule has 2 aromatic rings. The van der Waals surface area contributed by atoms with Crippen molar-refractivity contribution in [1.82, 2.24) is 20.7 Å². The molecule has 0 fully saturated rings. The van der Waals surface area contributed by atoms with Gasteiger partial charge < -0.3 is 5.32 Å². The van der Waals surface area contributed by atoms with Gasteiger partial charge in [-0.1, -0.05) is 18.2 Å². The average Bonchev–Trinajstić information content (AvgIpc) is 2.83. The Hall–Kier alpha value is -1.89. The molecule has 1 heterocycles. The van der Waals surface area contributed by atoms with E-state index in [9.17, 15) is 13.2 Å². The van der Waals surface area contributed by atoms with Gasteiger partial charge in [0.25, 0.3) is 0 Å². The van der Waals surface area contributed by atoms with Crippen LogP contribution in [0.5, 0.6) is 0 Å². The maximum absolute atomic E-state index is 12.9. The van der Waals surface area contributed by atoms with Crippen molar-refractivity contribution >= 4 is 0 Å². The molecule has 96 valence electrons. The molecule has 0 bridgehead atoms. The zero-order valence-electron chi connectivity index (χ0n) is 9.49. The van der Waals surface area contributed by atoms with Crippen molar-refractivity contribution in [2.24, 2.45) is 0 Å². The maximum Gasteiger partial charge on any atom is 0.416 e. The molecule has 0 amide bonds. The number of aromatic amines is 1. The van der Waals surface area contributed by atoms with Gasteiger partial charge in [0.05, 0.1) is 17.8 Å². The van der Waals surface area contributed by atoms with E-state index in [0.29, 0.717) is 5.69 Å². The van der Waals surface area contributed by atoms with Crippen molar-refractivity contribution < 1.29 is 13.2 Å². The number of rotatable bonds is 3. The van der Waals surface area contributed by atoms with Crippen LogP contribution in [0.2, 0.25) is 0 Å². The van der Waals surface area contributed by atoms with Gasteiger partial charge in [-0.3, -0.25) is 0 Å². The number of alkyl halides is 3. The summed E-state index contributed by atoms with van der Waals surface area (Å²) in [6, 6.07) is 4.76. The van der Waals surface area contributed by atoms with E-state index in [4.69, 9.17) is 0 Å². The summed E-state index contributed by atoms with van der Waals surface area (Å²) in [6.07, 6.45) is -3.00. The normalized spacial score (nSPS) is 13.6. The molecule has 1 atom stereocenters. The minimum Gasteiger partial charge on any atom is -0.308 e. The van der Waals surface area contributed by atoms with Crippen LogP contribution in [-0.4, -0.2) is 22.5 Å². The summed E-state index contributed by atoms with van der Waals surface area (Å²) in [5.74, 6) is 0. The van der Waals surface area contributed by atoms with E-state index in [0.717, 1.165) is 6.07 Å². The lowest BCUT2D eigenvalue weighted by atomic mass is 9.98. The quantitative estimate of drug-likeness (QED) is 0.884. The number of aromatic nitrogens is 3. The molecule has 2 N–H and O–H groups in total. The third-order valence-corrected chi connectivity index (χ3v) is 2.60. The minimum atomic E-state index is -4.39. The second-order valence-electron chi connectivity index (χ2n) is 3.70. The Bertz CT molecular complexity index is 507. The number of halogens is 3. The third kappa shape index (κ3) is 2.35. The Balaban J connectivity index is 2.50. The van der Waals surface area contributed by atoms with Crippen LogP contribution in [0.3, 0.4) is 0 Å². The minimum absolute atomic E-state index is 0.126. The summed E-state index contributed by atoms with van der Waals surface area (Å²) in [7, 11) is 1.58. The fourth-order valence-electron chi connectivity index (χ4n) is 1.82. The van der Waals surface area contributed by atoms with E-state index in [1.807, 2.05) is 0 Å². The van der Waals surface area contributed by atoms with Crippen molar-refractivity contribution in [1.29, 1.82) is 0 Å². The maximum atomic E-state index is 12.9. The SMILES string of the molecule is CNC(c1cn[nH]n1)c1ccccc1C(F)(F)F. The molecule has 1 aromatic carbocycles. The van der Waals surface area contributed by atoms with Crippen LogP contribution >= 0.6 is 0 Å². The lowest BCUT2D eigenvalue weighted by Gasteiger charge is -2.19. The topological polar surface area (TPSA) is 53.6 Å². The molecular formula is C11H11F3N4. The molecule has 4 nitrogen and oxygen atoms in total. The van der Waals surface area contributed by atoms with Crippen molar-refractivity contribution in [2.75, 3.05) is 7.05 Å². The van der Waals surface area contributed by atoms with Crippen LogP contribution in [-0.2, 0) is 6.18 Å². The summed E-state index contributed by atoms with van der Waals surface area (Å²) < 4.78 is 38.7. The summed E-state index contributed by atoms with van der Waals surface area (Å²) in [5.41, 5.74) is -0.136. The zero-order valence-corrected chi connectivity index (χ0v) is 9.49. The number of hydrogen-bond acceptors (Lipinski definition) is 3. The second kappa shape index (κ2) is 4.77. The van der Waals surface area contributed by atoms with E-state index in [2.05, 4.69) is 20.7 Å². The Morgan fingerprint density at radius 3 is 2.56 bits per heavy atom. The molecule has 0 spiro atoms. The molecule has 0 aliphatic carbocycles. The van der Waals surface area contributed by atoms with Gasteiger partial charge in [-0.2, -0.15) is 28.6 Å². The number of hydrogen-bond donors (Lipinski definition) is 2. The Morgan fingerprint density at radius 1 is 1.28 bits per heavy atom. The van der Waals surface area contributed by atoms with Gasteiger partial charge >= 0.3 is 6.18 Å². The van der Waals surface area contributed by atoms with Crippen LogP contribution in [0.4, 0.5) is 13.2 Å². The molecular weight excluding hydrogens is 245 g/mol. The summed E-state index contributed by atoms with van der Waals surface area (Å²) >= 11 is 0. The van der Waals surface area contributed by atoms with E-state index in [1.165, 1.54) is 18.3 Å². The lowest BCUT2D eigenvalue weighted by Crippen LogP contribution is -2.22. The molecule has 0 radical (unpaired) electrons. The van der Waals surface area contributed by atoms with Crippen molar-refractivity contribution in [2.45, 2.75) is 12.2 Å². The molecule has 0 saturated carbocycles. The van der Waals surface area contributed by atoms with E-state index < -0.39 is 17.8 Å². The van der Waals surface area contributed by atoms with Crippen LogP contribution in [0.15, 0.2) is 30.5 Å². The van der Waals surface area contributed by atoms with Gasteiger partial charge in [0.2, 0.25) is 0 Å². The number of H-pyrrole nitrogens is 1. The highest BCUT2D eigenvalue weighted by molar-refractivity contribution is 5.36. The molecule has 0 aliphatic rings. The number of benzene rings is 1. The van der Waals surface area contributed by atoms with Crippen molar-refractivity contribution in [3.8, 4) is 0 Å². The van der Waals surface area contributed by atoms with Gasteiger partial charge in [0.1, 0.15) is 5.69 Å². The van der Waals surface area contributed by atoms with Gasteiger partial charge in [0.15, 0.2) is 0 Å². The monoisotopic (exact) mass is 256 g/mol. The Morgan fingerprint density at radius 2 is 2.00 bits per heavy atom. The van der Waals surface area contributed by atoms with Crippen LogP contribution in [0.1, 0.15) is 22.9 Å². The second-order valence-corrected chi connectivity index (χ2v) is 3.70. The van der Waals surface area contributed by atoms with E-state index >= 15 is 0 Å². The highest BCUT2D eigenvalue weighted by Crippen LogP contribution is 2.35. The fraction of sp³-hybridized carbons (Fsp3) is 0.273. The first-order valence-corrected chi connectivity index (χ1v) is 5.23. The van der Waals surface area contributed by atoms with Gasteiger partial charge in [-0.15, -0.1) is 0 Å². The molecule has 0 aliphatic heterocycles. The van der Waals surface area contributed by atoms with Gasteiger partial charge in [-0.05, 0) is 18.7 Å². The Kier molecular flexibility index (Phi) is 3.33. The first kappa shape index (κ1) is 12.6. The highest BCUT2D eigenvalue weighted by atomic mass is 19.4. The molecule has 7 heteroatoms. The molecule has 1 unspecified atom stereocenters. The lowest BCUT2D eigenvalue weighted by molar-refractivity contribution is -0.138. The summed E-state index contributed by atoms with van der Waals surface area (Å²) in [5, 5.41) is 12.6. The summed E-state index contributed by atoms with van der Waals surface area (Å²) in [6.45, 7) is 0. The Labute approximate surface area is 101 Å². The standard InChI is InChI=1S/C11H11F3N4/c1-15-10(9-6-16-18-17-9)7-4-2-3-5-8(7)11(12,13)14/h2-6,10,15H,1H3,(H,16,17,18). The average molecular weight is 256 g/mol. The van der Waals surface area contributed by atoms with Gasteiger partial charge in [0, 0.05) is 0 Å². The molecule has 1 aromatic heterocycles. The predicted molar refractivity (Wildman–Crippen MR) is 58.7 cm³/mol. The fourth-order valence-corrected chi connectivity index (χ4v) is 1.82. The zero-order chi connectivity index (χ0) is 13.2. The van der Waals surface area contributed by atoms with E-state index in [-0.39, 0.29) is 5.56 Å². The smallest absolute Gasteiger partial charge is 0.308 e. The first-order chi connectivity index (χ1) is 8.54. The van der Waals surface area contributed by atoms with Crippen LogP contribution < -0.4 is 5.32 Å². The van der Waals surface area contributed by atoms with E-state index in [1.54, 1.807) is 13.1 Å². The largest absolute Gasteiger partial charge is 0.416 e. The van der Waals surface area contributed by atoms with Crippen molar-refractivity contribution in [3.05, 3.63) is 47.3 Å². The third-order valence-electron chi connectivity index (χ3n) is 2.60. The molecule has 0 saturated heterocycles. The van der Waals surface area contributed by atoms with Crippen molar-refractivity contribution in [3.63, 3.8) is 0 Å². The molecule has 2 rings (SSSR count). The first-order valence-electron chi connectivity index (χ1n) is 5.23. The number of nitrogens with one attached hydrogen (secondary N) is 2. The molecule has 18 heavy (non-hydrogen) atoms. The summed E-state index contributed by atoms with van der Waals surface area (Å²) in [4.78, 5) is 0. The number of nitrogens with zero attached hydrogens (tertiary/aromatic N) is 2. The van der Waals surface area contributed by atoms with Crippen LogP contribution in [0, 0.1) is 0 Å². The van der Waals surface area contributed by atoms with Gasteiger partial charge in [-0.25, -0.2) is 0 Å². The highest BCUT2D eigenvalue weighted by Gasteiger charge is 2.35. The van der Waals surface area contributed by atoms with Crippen LogP contribution in [0.25, 0.3) is 0 Å². The predicted octanol–water partition coefficient (Wildman–Crippen LogP) is 2.13.